The lowest BCUT2D eigenvalue weighted by Crippen LogP contribution is -2.40. The average Bonchev–Trinajstić information content (AvgIpc) is 3.15. The van der Waals surface area contributed by atoms with Gasteiger partial charge in [0.25, 0.3) is 58.2 Å². The van der Waals surface area contributed by atoms with E-state index in [-0.39, 0.29) is 28.5 Å². The van der Waals surface area contributed by atoms with Crippen LogP contribution >= 0.6 is 0 Å². The molecule has 0 fully saturated rings. The van der Waals surface area contributed by atoms with Crippen LogP contribution < -0.4 is 9.80 Å². The topological polar surface area (TPSA) is 292 Å². The number of carbonyl (C=O) groups is 4. The molecule has 0 aromatic heterocycles. The Balaban J connectivity index is 1.34. The monoisotopic (exact) mass is 878 g/mol. The zero-order valence-corrected chi connectivity index (χ0v) is 32.6. The van der Waals surface area contributed by atoms with Gasteiger partial charge in [0, 0.05) is 22.1 Å². The van der Waals surface area contributed by atoms with Crippen molar-refractivity contribution in [3.05, 3.63) is 107 Å². The Bertz CT molecular complexity index is 3430. The summed E-state index contributed by atoms with van der Waals surface area (Å²) in [5.74, 6) is -3.09. The summed E-state index contributed by atoms with van der Waals surface area (Å²) in [4.78, 5) is 51.8. The van der Waals surface area contributed by atoms with Crippen molar-refractivity contribution in [3.8, 4) is 0 Å². The first-order valence-electron chi connectivity index (χ1n) is 16.5. The number of rotatable bonds is 8. The van der Waals surface area contributed by atoms with Crippen molar-refractivity contribution in [1.82, 2.24) is 0 Å². The van der Waals surface area contributed by atoms with Crippen LogP contribution in [0.4, 0.5) is 11.4 Å². The normalized spacial score (nSPS) is 13.9. The molecule has 0 atom stereocenters. The van der Waals surface area contributed by atoms with E-state index in [1.165, 1.54) is 24.3 Å². The third kappa shape index (κ3) is 6.20. The van der Waals surface area contributed by atoms with Crippen LogP contribution in [-0.4, -0.2) is 76.0 Å². The maximum absolute atomic E-state index is 14.2. The van der Waals surface area contributed by atoms with Gasteiger partial charge in [0.2, 0.25) is 6.41 Å². The van der Waals surface area contributed by atoms with Crippen LogP contribution in [-0.2, 0) is 45.3 Å². The fourth-order valence-electron chi connectivity index (χ4n) is 7.50. The lowest BCUT2D eigenvalue weighted by Gasteiger charge is -2.29. The van der Waals surface area contributed by atoms with E-state index in [1.807, 2.05) is 0 Å². The molecule has 1 aliphatic rings. The van der Waals surface area contributed by atoms with Crippen LogP contribution in [0, 0.1) is 6.92 Å². The minimum absolute atomic E-state index is 0.0125. The van der Waals surface area contributed by atoms with Gasteiger partial charge in [0.15, 0.2) is 0 Å². The van der Waals surface area contributed by atoms with Gasteiger partial charge < -0.3 is 0 Å². The molecule has 0 aliphatic carbocycles. The van der Waals surface area contributed by atoms with E-state index in [2.05, 4.69) is 0 Å². The summed E-state index contributed by atoms with van der Waals surface area (Å²) in [5.41, 5.74) is -0.959. The van der Waals surface area contributed by atoms with Crippen LogP contribution in [0.3, 0.4) is 0 Å². The van der Waals surface area contributed by atoms with Crippen LogP contribution in [0.15, 0.2) is 105 Å². The molecule has 59 heavy (non-hydrogen) atoms. The summed E-state index contributed by atoms with van der Waals surface area (Å²) in [5, 5.41) is 3.29. The summed E-state index contributed by atoms with van der Waals surface area (Å²) in [6.45, 7) is 1.66. The zero-order valence-electron chi connectivity index (χ0n) is 29.4. The fraction of sp³-hybridized carbons (Fsp3) is 0.0270. The third-order valence-electron chi connectivity index (χ3n) is 9.99. The predicted octanol–water partition coefficient (Wildman–Crippen LogP) is 4.64. The van der Waals surface area contributed by atoms with Crippen molar-refractivity contribution >= 4 is 119 Å². The van der Waals surface area contributed by atoms with Crippen LogP contribution in [0.2, 0.25) is 0 Å². The standard InChI is InChI=1S/C37H22N2O16S4/c1-17-2-3-24-26-5-8-29-34-30(37(43)39(36(29)42)19-12-22(58(50,51)52)15-23(13-19)59(53,54)55)9-6-27(33(26)34)25-4-7-28(31(17)32(24)25)35(41)38(16-40)18-10-20(56(44,45)46)14-21(11-18)57(47,48)49/h2-16H,1H3,(H,44,45,46)(H,47,48,49)(H,50,51,52)(H,53,54,55). The first-order valence-corrected chi connectivity index (χ1v) is 22.2. The molecule has 1 heterocycles. The Morgan fingerprint density at radius 1 is 0.542 bits per heavy atom. The van der Waals surface area contributed by atoms with Crippen molar-refractivity contribution in [3.63, 3.8) is 0 Å². The second-order valence-corrected chi connectivity index (χ2v) is 19.0. The van der Waals surface area contributed by atoms with Crippen molar-refractivity contribution in [2.75, 3.05) is 9.80 Å². The largest absolute Gasteiger partial charge is 0.294 e. The molecule has 4 amide bonds. The number of hydrogen-bond acceptors (Lipinski definition) is 12. The van der Waals surface area contributed by atoms with Crippen LogP contribution in [0.25, 0.3) is 43.1 Å². The Morgan fingerprint density at radius 3 is 1.36 bits per heavy atom. The molecule has 7 aromatic rings. The first-order chi connectivity index (χ1) is 27.4. The highest BCUT2D eigenvalue weighted by Gasteiger charge is 2.37. The molecule has 0 unspecified atom stereocenters. The van der Waals surface area contributed by atoms with E-state index in [4.69, 9.17) is 0 Å². The van der Waals surface area contributed by atoms with Crippen molar-refractivity contribution in [2.45, 2.75) is 26.5 Å². The SMILES string of the molecule is Cc1ccc2c3ccc4c5c(ccc(c6ccc(C(=O)N(C=O)c7cc(S(=O)(=O)O)cc(S(=O)(=O)O)c7)c1c26)c53)C(=O)N(c1cc(S(=O)(=O)O)cc(S(=O)(=O)O)c1)C4=O. The highest BCUT2D eigenvalue weighted by atomic mass is 32.2. The molecule has 0 bridgehead atoms. The highest BCUT2D eigenvalue weighted by molar-refractivity contribution is 7.87. The maximum Gasteiger partial charge on any atom is 0.294 e. The smallest absolute Gasteiger partial charge is 0.282 e. The van der Waals surface area contributed by atoms with E-state index < -0.39 is 89.2 Å². The van der Waals surface area contributed by atoms with Gasteiger partial charge in [0.1, 0.15) is 0 Å². The molecular formula is C37H22N2O16S4. The maximum atomic E-state index is 14.2. The third-order valence-corrected chi connectivity index (χ3v) is 13.3. The number of anilines is 2. The molecule has 300 valence electrons. The molecule has 0 spiro atoms. The van der Waals surface area contributed by atoms with E-state index >= 15 is 0 Å². The van der Waals surface area contributed by atoms with E-state index in [1.54, 1.807) is 31.2 Å². The quantitative estimate of drug-likeness (QED) is 0.0532. The first kappa shape index (κ1) is 39.6. The summed E-state index contributed by atoms with van der Waals surface area (Å²) in [6, 6.07) is 15.6. The molecule has 0 saturated heterocycles. The number of hydrogen-bond donors (Lipinski definition) is 4. The van der Waals surface area contributed by atoms with E-state index in [0.717, 1.165) is 0 Å². The number of imide groups is 2. The van der Waals surface area contributed by atoms with E-state index in [9.17, 15) is 71.1 Å². The minimum atomic E-state index is -5.11. The lowest BCUT2D eigenvalue weighted by molar-refractivity contribution is -0.107. The Labute approximate surface area is 332 Å². The summed E-state index contributed by atoms with van der Waals surface area (Å²) >= 11 is 0. The number of amides is 4. The molecule has 7 aromatic carbocycles. The fourth-order valence-corrected chi connectivity index (χ4v) is 9.83. The summed E-state index contributed by atoms with van der Waals surface area (Å²) < 4.78 is 135. The van der Waals surface area contributed by atoms with Crippen LogP contribution in [0.1, 0.15) is 36.6 Å². The second kappa shape index (κ2) is 12.9. The van der Waals surface area contributed by atoms with Gasteiger partial charge >= 0.3 is 0 Å². The summed E-state index contributed by atoms with van der Waals surface area (Å²) in [6.07, 6.45) is -0.0125. The molecular weight excluding hydrogens is 857 g/mol. The molecule has 22 heteroatoms. The number of benzene rings is 7. The van der Waals surface area contributed by atoms with Gasteiger partial charge in [-0.15, -0.1) is 0 Å². The van der Waals surface area contributed by atoms with Gasteiger partial charge in [-0.1, -0.05) is 30.3 Å². The van der Waals surface area contributed by atoms with Gasteiger partial charge in [-0.3, -0.25) is 37.4 Å². The van der Waals surface area contributed by atoms with Gasteiger partial charge in [-0.05, 0) is 105 Å². The van der Waals surface area contributed by atoms with Gasteiger partial charge in [0.05, 0.1) is 31.0 Å². The Kier molecular flexibility index (Phi) is 8.64. The Morgan fingerprint density at radius 2 is 0.932 bits per heavy atom. The molecule has 18 nitrogen and oxygen atoms in total. The van der Waals surface area contributed by atoms with Crippen LogP contribution in [0.5, 0.6) is 0 Å². The molecule has 0 saturated carbocycles. The van der Waals surface area contributed by atoms with Crippen molar-refractivity contribution in [1.29, 1.82) is 0 Å². The van der Waals surface area contributed by atoms with Crippen molar-refractivity contribution < 1.29 is 71.1 Å². The number of fused-ring (bicyclic) bond motifs is 2. The van der Waals surface area contributed by atoms with Gasteiger partial charge in [-0.2, -0.15) is 33.7 Å². The number of aryl methyl sites for hydroxylation is 1. The molecule has 0 radical (unpaired) electrons. The Hall–Kier alpha value is -6.24. The highest BCUT2D eigenvalue weighted by Crippen LogP contribution is 2.46. The molecule has 1 aliphatic heterocycles. The lowest BCUT2D eigenvalue weighted by atomic mass is 9.83. The van der Waals surface area contributed by atoms with E-state index in [0.29, 0.717) is 89.5 Å². The molecule has 8 rings (SSSR count). The zero-order chi connectivity index (χ0) is 42.9. The van der Waals surface area contributed by atoms with Gasteiger partial charge in [-0.25, -0.2) is 9.80 Å². The predicted molar refractivity (Wildman–Crippen MR) is 209 cm³/mol. The number of carbonyl (C=O) groups excluding carboxylic acids is 4. The van der Waals surface area contributed by atoms with Crippen molar-refractivity contribution in [2.24, 2.45) is 0 Å². The summed E-state index contributed by atoms with van der Waals surface area (Å²) in [7, 11) is -20.5. The number of nitrogens with zero attached hydrogens (tertiary/aromatic N) is 2. The molecule has 4 N–H and O–H groups in total. The average molecular weight is 879 g/mol. The second-order valence-electron chi connectivity index (χ2n) is 13.4. The minimum Gasteiger partial charge on any atom is -0.282 e.